The zero-order valence-electron chi connectivity index (χ0n) is 36.1. The molecule has 0 aliphatic carbocycles. The summed E-state index contributed by atoms with van der Waals surface area (Å²) in [6.07, 6.45) is 35.7. The molecule has 1 saturated heterocycles. The summed E-state index contributed by atoms with van der Waals surface area (Å²) in [6, 6.07) is 0. The van der Waals surface area contributed by atoms with Crippen LogP contribution in [0, 0.1) is 0 Å². The first kappa shape index (κ1) is 52.9. The standard InChI is InChI=1S/C47H84O10/c1-3-5-7-9-11-13-15-17-19-20-22-24-26-28-30-32-34-36-43(50)56-40(39-55-47-46(53)45(52)44(51)41(37-48)57-47)38-54-42(49)35-33-31-29-27-25-23-21-18-16-14-12-10-8-6-4-2/h11,13,17,19,23,25,40-41,44-48,51-53H,3-10,12,14-16,18,20-22,24,26-39H2,1-2H3/b13-11+,19-17+,25-23+/t40-,41-,44+,45?,46?,47-/m1/s1. The maximum absolute atomic E-state index is 12.8. The molecule has 10 heteroatoms. The Hall–Kier alpha value is -2.08. The number of ether oxygens (including phenoxy) is 4. The average Bonchev–Trinajstić information content (AvgIpc) is 3.21. The fraction of sp³-hybridized carbons (Fsp3) is 0.830. The van der Waals surface area contributed by atoms with Crippen molar-refractivity contribution < 1.29 is 49.0 Å². The van der Waals surface area contributed by atoms with Crippen LogP contribution in [0.15, 0.2) is 36.5 Å². The second-order valence-electron chi connectivity index (χ2n) is 15.8. The quantitative estimate of drug-likeness (QED) is 0.0270. The summed E-state index contributed by atoms with van der Waals surface area (Å²) in [6.45, 7) is 3.38. The van der Waals surface area contributed by atoms with E-state index in [-0.39, 0.29) is 26.1 Å². The Balaban J connectivity index is 2.34. The molecular formula is C47H84O10. The van der Waals surface area contributed by atoms with E-state index in [4.69, 9.17) is 18.9 Å². The molecule has 0 amide bonds. The van der Waals surface area contributed by atoms with Crippen LogP contribution in [-0.4, -0.2) is 89.0 Å². The van der Waals surface area contributed by atoms with Crippen LogP contribution in [0.1, 0.15) is 194 Å². The minimum atomic E-state index is -1.60. The van der Waals surface area contributed by atoms with Crippen molar-refractivity contribution in [2.24, 2.45) is 0 Å². The lowest BCUT2D eigenvalue weighted by Crippen LogP contribution is -2.59. The number of aliphatic hydroxyl groups is 4. The van der Waals surface area contributed by atoms with Crippen LogP contribution in [0.5, 0.6) is 0 Å². The molecule has 0 saturated carbocycles. The Kier molecular flexibility index (Phi) is 35.4. The maximum atomic E-state index is 12.8. The second-order valence-corrected chi connectivity index (χ2v) is 15.8. The van der Waals surface area contributed by atoms with Crippen molar-refractivity contribution in [2.45, 2.75) is 230 Å². The number of allylic oxidation sites excluding steroid dienone is 6. The molecule has 1 aliphatic rings. The summed E-state index contributed by atoms with van der Waals surface area (Å²) in [5.41, 5.74) is 0. The summed E-state index contributed by atoms with van der Waals surface area (Å²) in [4.78, 5) is 25.3. The molecule has 1 aliphatic heterocycles. The largest absolute Gasteiger partial charge is 0.462 e. The molecule has 10 nitrogen and oxygen atoms in total. The highest BCUT2D eigenvalue weighted by molar-refractivity contribution is 5.70. The van der Waals surface area contributed by atoms with E-state index in [9.17, 15) is 30.0 Å². The molecule has 1 fully saturated rings. The van der Waals surface area contributed by atoms with Gasteiger partial charge in [0.1, 0.15) is 31.0 Å². The van der Waals surface area contributed by atoms with E-state index in [2.05, 4.69) is 50.3 Å². The van der Waals surface area contributed by atoms with E-state index >= 15 is 0 Å². The predicted octanol–water partition coefficient (Wildman–Crippen LogP) is 9.89. The van der Waals surface area contributed by atoms with Crippen LogP contribution < -0.4 is 0 Å². The van der Waals surface area contributed by atoms with Crippen LogP contribution in [0.2, 0.25) is 0 Å². The highest BCUT2D eigenvalue weighted by Gasteiger charge is 2.44. The molecule has 0 bridgehead atoms. The lowest BCUT2D eigenvalue weighted by Gasteiger charge is -2.39. The van der Waals surface area contributed by atoms with Gasteiger partial charge >= 0.3 is 11.9 Å². The fourth-order valence-electron chi connectivity index (χ4n) is 6.80. The zero-order valence-corrected chi connectivity index (χ0v) is 36.1. The Morgan fingerprint density at radius 1 is 0.544 bits per heavy atom. The van der Waals surface area contributed by atoms with Gasteiger partial charge in [0, 0.05) is 12.8 Å². The van der Waals surface area contributed by atoms with Gasteiger partial charge in [-0.1, -0.05) is 147 Å². The zero-order chi connectivity index (χ0) is 41.6. The molecule has 0 spiro atoms. The van der Waals surface area contributed by atoms with Gasteiger partial charge in [0.05, 0.1) is 13.2 Å². The molecule has 1 rings (SSSR count). The Morgan fingerprint density at radius 3 is 1.53 bits per heavy atom. The summed E-state index contributed by atoms with van der Waals surface area (Å²) in [5.74, 6) is -0.832. The van der Waals surface area contributed by atoms with Gasteiger partial charge in [0.25, 0.3) is 0 Å². The van der Waals surface area contributed by atoms with Gasteiger partial charge in [-0.15, -0.1) is 0 Å². The minimum absolute atomic E-state index is 0.218. The molecule has 57 heavy (non-hydrogen) atoms. The maximum Gasteiger partial charge on any atom is 0.306 e. The predicted molar refractivity (Wildman–Crippen MR) is 229 cm³/mol. The molecule has 0 aromatic rings. The third-order valence-electron chi connectivity index (χ3n) is 10.5. The van der Waals surface area contributed by atoms with Crippen molar-refractivity contribution in [3.63, 3.8) is 0 Å². The fourth-order valence-corrected chi connectivity index (χ4v) is 6.80. The molecule has 6 atom stereocenters. The number of rotatable bonds is 38. The first-order valence-electron chi connectivity index (χ1n) is 23.1. The minimum Gasteiger partial charge on any atom is -0.462 e. The molecule has 332 valence electrons. The summed E-state index contributed by atoms with van der Waals surface area (Å²) < 4.78 is 22.1. The van der Waals surface area contributed by atoms with Crippen molar-refractivity contribution in [2.75, 3.05) is 19.8 Å². The number of carbonyl (C=O) groups is 2. The average molecular weight is 809 g/mol. The highest BCUT2D eigenvalue weighted by atomic mass is 16.7. The van der Waals surface area contributed by atoms with E-state index in [0.29, 0.717) is 12.8 Å². The second kappa shape index (κ2) is 38.1. The van der Waals surface area contributed by atoms with Gasteiger partial charge in [-0.05, 0) is 70.6 Å². The molecule has 0 aromatic carbocycles. The molecular weight excluding hydrogens is 725 g/mol. The van der Waals surface area contributed by atoms with E-state index in [1.165, 1.54) is 96.3 Å². The number of hydrogen-bond acceptors (Lipinski definition) is 10. The normalized spacial score (nSPS) is 20.6. The van der Waals surface area contributed by atoms with Crippen molar-refractivity contribution >= 4 is 11.9 Å². The third kappa shape index (κ3) is 29.7. The molecule has 0 radical (unpaired) electrons. The smallest absolute Gasteiger partial charge is 0.306 e. The molecule has 1 heterocycles. The number of unbranched alkanes of at least 4 members (excludes halogenated alkanes) is 21. The molecule has 2 unspecified atom stereocenters. The monoisotopic (exact) mass is 809 g/mol. The first-order chi connectivity index (χ1) is 27.8. The number of carbonyl (C=O) groups excluding carboxylic acids is 2. The lowest BCUT2D eigenvalue weighted by molar-refractivity contribution is -0.305. The van der Waals surface area contributed by atoms with Crippen molar-refractivity contribution in [3.05, 3.63) is 36.5 Å². The summed E-state index contributed by atoms with van der Waals surface area (Å²) in [5, 5.41) is 40.1. The Bertz CT molecular complexity index is 1030. The van der Waals surface area contributed by atoms with Crippen molar-refractivity contribution in [1.29, 1.82) is 0 Å². The third-order valence-corrected chi connectivity index (χ3v) is 10.5. The van der Waals surface area contributed by atoms with Crippen molar-refractivity contribution in [1.82, 2.24) is 0 Å². The number of aliphatic hydroxyl groups excluding tert-OH is 4. The van der Waals surface area contributed by atoms with Crippen LogP contribution in [0.4, 0.5) is 0 Å². The SMILES string of the molecule is CCCCC/C=C/C/C=C/CCCCCCCCCC(=O)O[C@H](COC(=O)CCCCC/C=C/CCCCCCCCCC)CO[C@@H]1O[C@H](CO)[C@H](O)C(O)C1O. The molecule has 4 N–H and O–H groups in total. The van der Waals surface area contributed by atoms with Crippen LogP contribution in [0.25, 0.3) is 0 Å². The Morgan fingerprint density at radius 2 is 0.982 bits per heavy atom. The van der Waals surface area contributed by atoms with E-state index in [0.717, 1.165) is 57.8 Å². The van der Waals surface area contributed by atoms with Gasteiger partial charge < -0.3 is 39.4 Å². The van der Waals surface area contributed by atoms with E-state index < -0.39 is 55.4 Å². The lowest BCUT2D eigenvalue weighted by atomic mass is 9.99. The topological polar surface area (TPSA) is 152 Å². The van der Waals surface area contributed by atoms with Gasteiger partial charge in [-0.25, -0.2) is 0 Å². The summed E-state index contributed by atoms with van der Waals surface area (Å²) >= 11 is 0. The first-order valence-corrected chi connectivity index (χ1v) is 23.1. The van der Waals surface area contributed by atoms with Gasteiger partial charge in [-0.3, -0.25) is 9.59 Å². The summed E-state index contributed by atoms with van der Waals surface area (Å²) in [7, 11) is 0. The van der Waals surface area contributed by atoms with Crippen molar-refractivity contribution in [3.8, 4) is 0 Å². The van der Waals surface area contributed by atoms with Crippen LogP contribution in [0.3, 0.4) is 0 Å². The van der Waals surface area contributed by atoms with Gasteiger partial charge in [0.15, 0.2) is 12.4 Å². The Labute approximate surface area is 346 Å². The van der Waals surface area contributed by atoms with Crippen LogP contribution >= 0.6 is 0 Å². The highest BCUT2D eigenvalue weighted by Crippen LogP contribution is 2.22. The van der Waals surface area contributed by atoms with E-state index in [1.807, 2.05) is 0 Å². The van der Waals surface area contributed by atoms with Crippen LogP contribution in [-0.2, 0) is 28.5 Å². The number of hydrogen-bond donors (Lipinski definition) is 4. The number of esters is 2. The van der Waals surface area contributed by atoms with Gasteiger partial charge in [-0.2, -0.15) is 0 Å². The van der Waals surface area contributed by atoms with E-state index in [1.54, 1.807) is 0 Å². The van der Waals surface area contributed by atoms with Gasteiger partial charge in [0.2, 0.25) is 0 Å². The molecule has 0 aromatic heterocycles.